The van der Waals surface area contributed by atoms with E-state index in [2.05, 4.69) is 278 Å². The van der Waals surface area contributed by atoms with Crippen molar-refractivity contribution in [1.29, 1.82) is 0 Å². The second kappa shape index (κ2) is 18.4. The molecule has 68 heavy (non-hydrogen) atoms. The Morgan fingerprint density at radius 1 is 0.603 bits per heavy atom. The number of allylic oxidation sites excluding steroid dienone is 8. The minimum atomic E-state index is -0.0325. The van der Waals surface area contributed by atoms with Crippen LogP contribution >= 0.6 is 0 Å². The van der Waals surface area contributed by atoms with Crippen molar-refractivity contribution >= 4 is 55.7 Å². The van der Waals surface area contributed by atoms with Gasteiger partial charge in [0.05, 0.1) is 11.7 Å². The molecule has 332 valence electrons. The molecule has 0 amide bonds. The summed E-state index contributed by atoms with van der Waals surface area (Å²) in [5.74, 6) is 0. The number of hydrogen-bond acceptors (Lipinski definition) is 3. The zero-order valence-corrected chi connectivity index (χ0v) is 39.2. The molecule has 0 aromatic heterocycles. The summed E-state index contributed by atoms with van der Waals surface area (Å²) in [7, 11) is 0. The van der Waals surface area contributed by atoms with Crippen molar-refractivity contribution < 1.29 is 0 Å². The van der Waals surface area contributed by atoms with Crippen LogP contribution in [0.1, 0.15) is 32.8 Å². The summed E-state index contributed by atoms with van der Waals surface area (Å²) in [5, 5.41) is 4.92. The normalized spacial score (nSPS) is 20.3. The predicted octanol–water partition coefficient (Wildman–Crippen LogP) is 17.2. The van der Waals surface area contributed by atoms with Crippen LogP contribution in [0, 0.1) is 5.41 Å². The Kier molecular flexibility index (Phi) is 11.6. The van der Waals surface area contributed by atoms with Crippen molar-refractivity contribution in [2.24, 2.45) is 5.41 Å². The SMILES string of the molecule is C/C=C\C/C=C1\C(C)N(c2ccc(-c3ccc(N(c4ccc(-c5ccc(N6C/C=C\C=C/Cc7ccccc76)cc5)cc4)c4cccc5cc6ccccc6cc45)cc3)cc2)C2C=CC=CC12C. The summed E-state index contributed by atoms with van der Waals surface area (Å²) < 4.78 is 0. The van der Waals surface area contributed by atoms with E-state index in [-0.39, 0.29) is 11.5 Å². The van der Waals surface area contributed by atoms with Gasteiger partial charge in [0.2, 0.25) is 0 Å². The van der Waals surface area contributed by atoms with Crippen molar-refractivity contribution in [2.75, 3.05) is 21.2 Å². The number of hydrogen-bond donors (Lipinski definition) is 0. The molecule has 0 spiro atoms. The lowest BCUT2D eigenvalue weighted by Gasteiger charge is -2.34. The molecule has 0 N–H and O–H groups in total. The number of para-hydroxylation sites is 1. The fourth-order valence-electron chi connectivity index (χ4n) is 11.0. The summed E-state index contributed by atoms with van der Waals surface area (Å²) in [6.07, 6.45) is 26.7. The Hall–Kier alpha value is -7.88. The highest BCUT2D eigenvalue weighted by Gasteiger charge is 2.49. The highest BCUT2D eigenvalue weighted by atomic mass is 15.2. The second-order valence-electron chi connectivity index (χ2n) is 18.5. The molecule has 3 atom stereocenters. The monoisotopic (exact) mass is 879 g/mol. The molecule has 8 aromatic rings. The van der Waals surface area contributed by atoms with E-state index in [4.69, 9.17) is 0 Å². The van der Waals surface area contributed by atoms with E-state index in [1.807, 2.05) is 0 Å². The van der Waals surface area contributed by atoms with Crippen LogP contribution in [0.25, 0.3) is 43.8 Å². The van der Waals surface area contributed by atoms with E-state index in [1.165, 1.54) is 72.0 Å². The molecule has 1 fully saturated rings. The lowest BCUT2D eigenvalue weighted by molar-refractivity contribution is 0.495. The number of nitrogens with zero attached hydrogens (tertiary/aromatic N) is 3. The van der Waals surface area contributed by atoms with E-state index in [0.717, 1.165) is 36.4 Å². The second-order valence-corrected chi connectivity index (χ2v) is 18.5. The average molecular weight is 880 g/mol. The van der Waals surface area contributed by atoms with Crippen molar-refractivity contribution in [1.82, 2.24) is 0 Å². The van der Waals surface area contributed by atoms with E-state index < -0.39 is 0 Å². The molecule has 1 saturated heterocycles. The maximum Gasteiger partial charge on any atom is 0.0608 e. The van der Waals surface area contributed by atoms with E-state index in [1.54, 1.807) is 0 Å². The minimum Gasteiger partial charge on any atom is -0.357 e. The summed E-state index contributed by atoms with van der Waals surface area (Å²) in [6, 6.07) is 65.8. The molecule has 3 heteroatoms. The van der Waals surface area contributed by atoms with Gasteiger partial charge in [-0.2, -0.15) is 0 Å². The Labute approximate surface area is 402 Å². The third kappa shape index (κ3) is 7.98. The van der Waals surface area contributed by atoms with Gasteiger partial charge in [0.15, 0.2) is 0 Å². The number of rotatable bonds is 9. The predicted molar refractivity (Wildman–Crippen MR) is 292 cm³/mol. The fraction of sp³-hybridized carbons (Fsp3) is 0.138. The van der Waals surface area contributed by atoms with Gasteiger partial charge in [-0.25, -0.2) is 0 Å². The van der Waals surface area contributed by atoms with Gasteiger partial charge in [-0.05, 0) is 156 Å². The standard InChI is InChI=1S/C65H57N3/c1-4-5-8-23-61-47(2)67(64-26-14-15-43-65(61,64)3)57-37-29-49(30-38-57)51-33-41-59(42-34-51)68(63-25-17-22-55-45-53-20-10-11-21-54(53)46-60(55)63)58-39-31-50(32-40-58)48-27-35-56(36-28-48)66-44-16-7-6-9-18-52-19-12-13-24-62(52)66/h4-7,9-17,19-43,45-47,64H,8,18,44H2,1-3H3/b5-4-,9-6-,16-7-,61-23+. The van der Waals surface area contributed by atoms with Crippen LogP contribution in [0.3, 0.4) is 0 Å². The summed E-state index contributed by atoms with van der Waals surface area (Å²) >= 11 is 0. The Balaban J connectivity index is 0.910. The van der Waals surface area contributed by atoms with Crippen molar-refractivity contribution in [2.45, 2.75) is 45.7 Å². The largest absolute Gasteiger partial charge is 0.357 e. The first-order valence-electron chi connectivity index (χ1n) is 24.2. The van der Waals surface area contributed by atoms with Crippen LogP contribution in [0.15, 0.2) is 248 Å². The molecule has 11 rings (SSSR count). The molecule has 0 radical (unpaired) electrons. The number of anilines is 6. The van der Waals surface area contributed by atoms with Gasteiger partial charge in [-0.1, -0.05) is 170 Å². The van der Waals surface area contributed by atoms with Gasteiger partial charge in [0.25, 0.3) is 0 Å². The lowest BCUT2D eigenvalue weighted by Crippen LogP contribution is -2.38. The molecule has 1 aliphatic carbocycles. The lowest BCUT2D eigenvalue weighted by atomic mass is 9.75. The number of fused-ring (bicyclic) bond motifs is 4. The van der Waals surface area contributed by atoms with Gasteiger partial charge < -0.3 is 14.7 Å². The Morgan fingerprint density at radius 3 is 1.90 bits per heavy atom. The molecule has 2 heterocycles. The summed E-state index contributed by atoms with van der Waals surface area (Å²) in [6.45, 7) is 7.68. The smallest absolute Gasteiger partial charge is 0.0608 e. The zero-order valence-electron chi connectivity index (χ0n) is 39.2. The quantitative estimate of drug-likeness (QED) is 0.106. The molecular weight excluding hydrogens is 823 g/mol. The van der Waals surface area contributed by atoms with Crippen LogP contribution in [0.4, 0.5) is 34.1 Å². The maximum atomic E-state index is 2.60. The van der Waals surface area contributed by atoms with Crippen molar-refractivity contribution in [3.05, 3.63) is 254 Å². The van der Waals surface area contributed by atoms with Gasteiger partial charge in [0.1, 0.15) is 0 Å². The van der Waals surface area contributed by atoms with Crippen molar-refractivity contribution in [3.8, 4) is 22.3 Å². The molecule has 3 nitrogen and oxygen atoms in total. The first-order valence-corrected chi connectivity index (χ1v) is 24.2. The minimum absolute atomic E-state index is 0.0325. The summed E-state index contributed by atoms with van der Waals surface area (Å²) in [5.41, 5.74) is 14.6. The van der Waals surface area contributed by atoms with Crippen molar-refractivity contribution in [3.63, 3.8) is 0 Å². The topological polar surface area (TPSA) is 9.72 Å². The third-order valence-corrected chi connectivity index (χ3v) is 14.5. The maximum absolute atomic E-state index is 2.60. The Bertz CT molecular complexity index is 3290. The highest BCUT2D eigenvalue weighted by molar-refractivity contribution is 6.06. The van der Waals surface area contributed by atoms with Gasteiger partial charge in [0, 0.05) is 51.8 Å². The highest BCUT2D eigenvalue weighted by Crippen LogP contribution is 2.50. The van der Waals surface area contributed by atoms with Crippen LogP contribution in [-0.2, 0) is 6.42 Å². The van der Waals surface area contributed by atoms with Crippen LogP contribution < -0.4 is 14.7 Å². The number of benzene rings is 8. The zero-order chi connectivity index (χ0) is 46.0. The van der Waals surface area contributed by atoms with Gasteiger partial charge >= 0.3 is 0 Å². The van der Waals surface area contributed by atoms with E-state index in [0.29, 0.717) is 6.04 Å². The van der Waals surface area contributed by atoms with Crippen LogP contribution in [-0.4, -0.2) is 18.6 Å². The van der Waals surface area contributed by atoms with E-state index >= 15 is 0 Å². The van der Waals surface area contributed by atoms with E-state index in [9.17, 15) is 0 Å². The first-order chi connectivity index (χ1) is 33.5. The Morgan fingerprint density at radius 2 is 1.21 bits per heavy atom. The third-order valence-electron chi connectivity index (χ3n) is 14.5. The summed E-state index contributed by atoms with van der Waals surface area (Å²) in [4.78, 5) is 7.43. The molecular formula is C65H57N3. The molecule has 3 unspecified atom stereocenters. The molecule has 2 aliphatic heterocycles. The molecule has 3 aliphatic rings. The van der Waals surface area contributed by atoms with Crippen LogP contribution in [0.2, 0.25) is 0 Å². The molecule has 0 bridgehead atoms. The first kappa shape index (κ1) is 42.7. The van der Waals surface area contributed by atoms with Crippen LogP contribution in [0.5, 0.6) is 0 Å². The molecule has 8 aromatic carbocycles. The van der Waals surface area contributed by atoms with Gasteiger partial charge in [-0.15, -0.1) is 0 Å². The molecule has 0 saturated carbocycles. The average Bonchev–Trinajstić information content (AvgIpc) is 3.67. The fourth-order valence-corrected chi connectivity index (χ4v) is 11.0. The van der Waals surface area contributed by atoms with Gasteiger partial charge in [-0.3, -0.25) is 0 Å².